The summed E-state index contributed by atoms with van der Waals surface area (Å²) in [6, 6.07) is 4.83. The minimum Gasteiger partial charge on any atom is -0.368 e. The number of carbonyl (C=O) groups is 1. The maximum atomic E-state index is 13.3. The Morgan fingerprint density at radius 2 is 2.17 bits per heavy atom. The van der Waals surface area contributed by atoms with Crippen LogP contribution in [0.25, 0.3) is 0 Å². The molecule has 4 nitrogen and oxygen atoms in total. The summed E-state index contributed by atoms with van der Waals surface area (Å²) < 4.78 is 13.3. The molecule has 0 aliphatic carbocycles. The molecule has 0 saturated heterocycles. The van der Waals surface area contributed by atoms with E-state index in [0.29, 0.717) is 12.6 Å². The lowest BCUT2D eigenvalue weighted by Gasteiger charge is -2.22. The number of rotatable bonds is 6. The van der Waals surface area contributed by atoms with Crippen molar-refractivity contribution in [1.29, 1.82) is 0 Å². The summed E-state index contributed by atoms with van der Waals surface area (Å²) in [5, 5.41) is 3.23. The average Bonchev–Trinajstić information content (AvgIpc) is 2.25. The first-order valence-corrected chi connectivity index (χ1v) is 5.91. The van der Waals surface area contributed by atoms with Crippen LogP contribution < -0.4 is 16.0 Å². The number of primary amides is 1. The van der Waals surface area contributed by atoms with Crippen molar-refractivity contribution in [3.8, 4) is 0 Å². The van der Waals surface area contributed by atoms with Gasteiger partial charge in [-0.3, -0.25) is 4.79 Å². The number of carbonyl (C=O) groups excluding carboxylic acids is 1. The molecule has 0 atom stereocenters. The number of hydrogen-bond acceptors (Lipinski definition) is 3. The Balaban J connectivity index is 2.91. The van der Waals surface area contributed by atoms with Crippen molar-refractivity contribution in [3.63, 3.8) is 0 Å². The minimum absolute atomic E-state index is 0.111. The monoisotopic (exact) mass is 253 g/mol. The normalized spacial score (nSPS) is 10.7. The first kappa shape index (κ1) is 14.4. The van der Waals surface area contributed by atoms with E-state index >= 15 is 0 Å². The molecule has 0 unspecified atom stereocenters. The number of nitrogens with zero attached hydrogens (tertiary/aromatic N) is 1. The number of amides is 1. The van der Waals surface area contributed by atoms with E-state index in [4.69, 9.17) is 5.73 Å². The van der Waals surface area contributed by atoms with Gasteiger partial charge in [-0.25, -0.2) is 4.39 Å². The van der Waals surface area contributed by atoms with Gasteiger partial charge in [-0.15, -0.1) is 0 Å². The number of likely N-dealkylation sites (N-methyl/N-ethyl adjacent to an activating group) is 1. The number of hydrogen-bond donors (Lipinski definition) is 2. The molecule has 0 bridgehead atoms. The van der Waals surface area contributed by atoms with Gasteiger partial charge < -0.3 is 16.0 Å². The largest absolute Gasteiger partial charge is 0.368 e. The molecule has 0 aliphatic rings. The van der Waals surface area contributed by atoms with Crippen molar-refractivity contribution in [2.24, 2.45) is 5.73 Å². The van der Waals surface area contributed by atoms with Gasteiger partial charge in [0.05, 0.1) is 6.54 Å². The predicted molar refractivity (Wildman–Crippen MR) is 70.8 cm³/mol. The smallest absolute Gasteiger partial charge is 0.236 e. The maximum absolute atomic E-state index is 13.3. The molecule has 1 aromatic rings. The number of halogens is 1. The van der Waals surface area contributed by atoms with Crippen molar-refractivity contribution in [2.75, 3.05) is 18.5 Å². The van der Waals surface area contributed by atoms with Crippen LogP contribution in [0.2, 0.25) is 0 Å². The lowest BCUT2D eigenvalue weighted by Crippen LogP contribution is -2.32. The summed E-state index contributed by atoms with van der Waals surface area (Å²) in [5.74, 6) is -0.698. The van der Waals surface area contributed by atoms with Crippen LogP contribution in [0.4, 0.5) is 10.1 Å². The summed E-state index contributed by atoms with van der Waals surface area (Å²) in [5.41, 5.74) is 6.78. The van der Waals surface area contributed by atoms with E-state index in [1.54, 1.807) is 18.0 Å². The molecule has 0 aromatic heterocycles. The van der Waals surface area contributed by atoms with Gasteiger partial charge in [0.25, 0.3) is 0 Å². The quantitative estimate of drug-likeness (QED) is 0.802. The third-order valence-electron chi connectivity index (χ3n) is 2.55. The molecule has 0 saturated carbocycles. The van der Waals surface area contributed by atoms with E-state index in [2.05, 4.69) is 5.32 Å². The lowest BCUT2D eigenvalue weighted by atomic mass is 10.1. The molecular formula is C13H20FN3O. The Bertz CT molecular complexity index is 421. The van der Waals surface area contributed by atoms with Crippen LogP contribution >= 0.6 is 0 Å². The zero-order valence-corrected chi connectivity index (χ0v) is 11.0. The Morgan fingerprint density at radius 3 is 2.72 bits per heavy atom. The van der Waals surface area contributed by atoms with E-state index in [-0.39, 0.29) is 12.4 Å². The molecule has 3 N–H and O–H groups in total. The van der Waals surface area contributed by atoms with Crippen LogP contribution in [0.15, 0.2) is 18.2 Å². The summed E-state index contributed by atoms with van der Waals surface area (Å²) >= 11 is 0. The molecule has 1 amide bonds. The Labute approximate surface area is 107 Å². The molecule has 0 fully saturated rings. The number of benzene rings is 1. The third kappa shape index (κ3) is 4.33. The fraction of sp³-hybridized carbons (Fsp3) is 0.462. The van der Waals surface area contributed by atoms with Gasteiger partial charge in [-0.05, 0) is 23.8 Å². The molecule has 0 spiro atoms. The van der Waals surface area contributed by atoms with Gasteiger partial charge in [-0.1, -0.05) is 13.8 Å². The topological polar surface area (TPSA) is 58.4 Å². The molecule has 0 aliphatic heterocycles. The number of nitrogens with two attached hydrogens (primary N) is 1. The third-order valence-corrected chi connectivity index (χ3v) is 2.55. The zero-order chi connectivity index (χ0) is 13.7. The molecular weight excluding hydrogens is 233 g/mol. The van der Waals surface area contributed by atoms with Gasteiger partial charge in [0.1, 0.15) is 5.82 Å². The highest BCUT2D eigenvalue weighted by Crippen LogP contribution is 2.20. The fourth-order valence-electron chi connectivity index (χ4n) is 1.70. The number of anilines is 1. The average molecular weight is 253 g/mol. The van der Waals surface area contributed by atoms with E-state index in [1.165, 1.54) is 12.1 Å². The summed E-state index contributed by atoms with van der Waals surface area (Å²) in [6.45, 7) is 4.70. The van der Waals surface area contributed by atoms with E-state index < -0.39 is 5.91 Å². The van der Waals surface area contributed by atoms with Gasteiger partial charge >= 0.3 is 0 Å². The van der Waals surface area contributed by atoms with Crippen molar-refractivity contribution in [2.45, 2.75) is 26.4 Å². The summed E-state index contributed by atoms with van der Waals surface area (Å²) in [4.78, 5) is 12.6. The second-order valence-electron chi connectivity index (χ2n) is 4.63. The van der Waals surface area contributed by atoms with E-state index in [0.717, 1.165) is 11.3 Å². The fourth-order valence-corrected chi connectivity index (χ4v) is 1.70. The second-order valence-corrected chi connectivity index (χ2v) is 4.63. The summed E-state index contributed by atoms with van der Waals surface area (Å²) in [7, 11) is 1.76. The van der Waals surface area contributed by atoms with Crippen molar-refractivity contribution in [3.05, 3.63) is 29.6 Å². The van der Waals surface area contributed by atoms with Crippen LogP contribution in [0.5, 0.6) is 0 Å². The molecule has 5 heteroatoms. The zero-order valence-electron chi connectivity index (χ0n) is 11.0. The first-order valence-electron chi connectivity index (χ1n) is 5.91. The van der Waals surface area contributed by atoms with Crippen molar-refractivity contribution >= 4 is 11.6 Å². The molecule has 1 aromatic carbocycles. The van der Waals surface area contributed by atoms with Crippen LogP contribution in [-0.2, 0) is 11.3 Å². The SMILES string of the molecule is CC(C)NCc1cc(F)ccc1N(C)CC(N)=O. The predicted octanol–water partition coefficient (Wildman–Crippen LogP) is 1.25. The van der Waals surface area contributed by atoms with Gasteiger partial charge in [0, 0.05) is 25.3 Å². The van der Waals surface area contributed by atoms with Gasteiger partial charge in [0.2, 0.25) is 5.91 Å². The Morgan fingerprint density at radius 1 is 1.50 bits per heavy atom. The van der Waals surface area contributed by atoms with Gasteiger partial charge in [0.15, 0.2) is 0 Å². The maximum Gasteiger partial charge on any atom is 0.236 e. The van der Waals surface area contributed by atoms with Crippen LogP contribution in [-0.4, -0.2) is 25.5 Å². The standard InChI is InChI=1S/C13H20FN3O/c1-9(2)16-7-10-6-11(14)4-5-12(10)17(3)8-13(15)18/h4-6,9,16H,7-8H2,1-3H3,(H2,15,18). The molecule has 1 rings (SSSR count). The molecule has 0 radical (unpaired) electrons. The van der Waals surface area contributed by atoms with Crippen LogP contribution in [0.3, 0.4) is 0 Å². The highest BCUT2D eigenvalue weighted by atomic mass is 19.1. The Hall–Kier alpha value is -1.62. The van der Waals surface area contributed by atoms with Gasteiger partial charge in [-0.2, -0.15) is 0 Å². The highest BCUT2D eigenvalue weighted by molar-refractivity contribution is 5.79. The second kappa shape index (κ2) is 6.35. The molecule has 18 heavy (non-hydrogen) atoms. The van der Waals surface area contributed by atoms with E-state index in [9.17, 15) is 9.18 Å². The Kier molecular flexibility index (Phi) is 5.09. The molecule has 100 valence electrons. The summed E-state index contributed by atoms with van der Waals surface area (Å²) in [6.07, 6.45) is 0. The lowest BCUT2D eigenvalue weighted by molar-refractivity contribution is -0.116. The van der Waals surface area contributed by atoms with Crippen molar-refractivity contribution in [1.82, 2.24) is 5.32 Å². The molecule has 0 heterocycles. The van der Waals surface area contributed by atoms with Crippen LogP contribution in [0, 0.1) is 5.82 Å². The van der Waals surface area contributed by atoms with Crippen molar-refractivity contribution < 1.29 is 9.18 Å². The minimum atomic E-state index is -0.412. The number of nitrogens with one attached hydrogen (secondary N) is 1. The first-order chi connectivity index (χ1) is 8.40. The highest BCUT2D eigenvalue weighted by Gasteiger charge is 2.10. The van der Waals surface area contributed by atoms with E-state index in [1.807, 2.05) is 13.8 Å². The van der Waals surface area contributed by atoms with Crippen LogP contribution in [0.1, 0.15) is 19.4 Å².